The summed E-state index contributed by atoms with van der Waals surface area (Å²) in [6, 6.07) is 0. The van der Waals surface area contributed by atoms with E-state index in [1.807, 2.05) is 5.40 Å². The van der Waals surface area contributed by atoms with Crippen molar-refractivity contribution in [2.24, 2.45) is 0 Å². The van der Waals surface area contributed by atoms with Gasteiger partial charge in [-0.2, -0.15) is 13.9 Å². The van der Waals surface area contributed by atoms with E-state index in [4.69, 9.17) is 25.5 Å². The number of aliphatic hydroxyl groups is 2. The minimum Gasteiger partial charge on any atom is -0.387 e. The first kappa shape index (κ1) is 61.7. The van der Waals surface area contributed by atoms with Crippen molar-refractivity contribution in [1.82, 2.24) is 34.2 Å². The van der Waals surface area contributed by atoms with E-state index in [0.29, 0.717) is 10.9 Å². The number of thiocyanates is 1. The Morgan fingerprint density at radius 2 is 1.22 bits per heavy atom. The number of rotatable bonds is 26. The number of phosphoric acid groups is 3. The molecule has 0 bridgehead atoms. The van der Waals surface area contributed by atoms with Crippen LogP contribution in [0.2, 0.25) is 0 Å². The first-order valence-corrected chi connectivity index (χ1v) is 27.8. The second-order valence-electron chi connectivity index (χ2n) is 13.6. The first-order valence-electron chi connectivity index (χ1n) is 21.3. The van der Waals surface area contributed by atoms with Gasteiger partial charge >= 0.3 is 23.5 Å². The SMILES string of the molecule is CCN(CC)CC.CCN(CC)CC.CCN(CC)CC.N#CSCCCCCCCSc1nc(N)c2ncn([C@@H]3O[C@H](COP(=O)(O)OP(=O)(O)OP(=O)(O)O)[C@@H](O)[C@H]3O)c2n1. The summed E-state index contributed by atoms with van der Waals surface area (Å²) in [4.78, 5) is 56.1. The van der Waals surface area contributed by atoms with Crippen LogP contribution >= 0.6 is 47.0 Å². The van der Waals surface area contributed by atoms with Gasteiger partial charge < -0.3 is 55.0 Å². The molecule has 2 unspecified atom stereocenters. The van der Waals surface area contributed by atoms with E-state index in [9.17, 15) is 33.7 Å². The zero-order valence-electron chi connectivity index (χ0n) is 38.3. The van der Waals surface area contributed by atoms with Gasteiger partial charge in [0.25, 0.3) is 0 Å². The highest BCUT2D eigenvalue weighted by Crippen LogP contribution is 2.66. The van der Waals surface area contributed by atoms with Crippen LogP contribution in [0.15, 0.2) is 11.5 Å². The van der Waals surface area contributed by atoms with Gasteiger partial charge in [-0.25, -0.2) is 28.6 Å². The van der Waals surface area contributed by atoms with E-state index in [2.05, 4.69) is 105 Å². The third kappa shape index (κ3) is 25.4. The van der Waals surface area contributed by atoms with Crippen LogP contribution in [0, 0.1) is 10.7 Å². The molecule has 27 heteroatoms. The maximum Gasteiger partial charge on any atom is 0.490 e. The Kier molecular flexibility index (Phi) is 32.5. The highest BCUT2D eigenvalue weighted by molar-refractivity contribution is 8.03. The summed E-state index contributed by atoms with van der Waals surface area (Å²) in [6.07, 6.45) is 0.0166. The summed E-state index contributed by atoms with van der Waals surface area (Å²) in [5.41, 5.74) is 6.40. The number of nitrogen functional groups attached to an aromatic ring is 1. The number of nitriles is 1. The Morgan fingerprint density at radius 1 is 0.746 bits per heavy atom. The molecule has 0 saturated carbocycles. The van der Waals surface area contributed by atoms with Crippen molar-refractivity contribution in [3.63, 3.8) is 0 Å². The number of thioether (sulfide) groups is 2. The molecule has 0 aliphatic carbocycles. The van der Waals surface area contributed by atoms with E-state index in [1.165, 1.54) is 93.3 Å². The van der Waals surface area contributed by atoms with Crippen LogP contribution in [0.3, 0.4) is 0 Å². The molecular formula is C36H74N9O13P3S2. The van der Waals surface area contributed by atoms with E-state index < -0.39 is 54.6 Å². The van der Waals surface area contributed by atoms with Crippen molar-refractivity contribution >= 4 is 64.0 Å². The average molecular weight is 998 g/mol. The predicted octanol–water partition coefficient (Wildman–Crippen LogP) is 5.67. The number of unbranched alkanes of at least 4 members (excludes halogenated alkanes) is 4. The van der Waals surface area contributed by atoms with Gasteiger partial charge in [0, 0.05) is 11.5 Å². The molecular weight excluding hydrogens is 924 g/mol. The Balaban J connectivity index is 0.00000150. The molecule has 6 atom stereocenters. The molecule has 3 heterocycles. The molecule has 63 heavy (non-hydrogen) atoms. The largest absolute Gasteiger partial charge is 0.490 e. The lowest BCUT2D eigenvalue weighted by Crippen LogP contribution is -2.33. The summed E-state index contributed by atoms with van der Waals surface area (Å²) in [6.45, 7) is 29.4. The number of fused-ring (bicyclic) bond motifs is 1. The molecule has 2 aromatic heterocycles. The van der Waals surface area contributed by atoms with E-state index >= 15 is 0 Å². The average Bonchev–Trinajstić information content (AvgIpc) is 3.77. The van der Waals surface area contributed by atoms with Gasteiger partial charge in [0.15, 0.2) is 22.8 Å². The van der Waals surface area contributed by atoms with Gasteiger partial charge in [0.05, 0.1) is 12.9 Å². The van der Waals surface area contributed by atoms with E-state index in [0.717, 1.165) is 37.9 Å². The maximum absolute atomic E-state index is 12.0. The summed E-state index contributed by atoms with van der Waals surface area (Å²) in [7, 11) is -16.8. The van der Waals surface area contributed by atoms with Crippen LogP contribution in [0.4, 0.5) is 5.82 Å². The number of nitrogens with zero attached hydrogens (tertiary/aromatic N) is 8. The summed E-state index contributed by atoms with van der Waals surface area (Å²) >= 11 is 2.60. The van der Waals surface area contributed by atoms with Crippen LogP contribution in [0.5, 0.6) is 0 Å². The predicted molar refractivity (Wildman–Crippen MR) is 248 cm³/mol. The quantitative estimate of drug-likeness (QED) is 0.0196. The molecule has 3 rings (SSSR count). The van der Waals surface area contributed by atoms with Crippen molar-refractivity contribution in [2.75, 3.05) is 82.7 Å². The Labute approximate surface area is 382 Å². The minimum absolute atomic E-state index is 0.0634. The van der Waals surface area contributed by atoms with Crippen LogP contribution in [-0.2, 0) is 31.6 Å². The van der Waals surface area contributed by atoms with Crippen LogP contribution in [0.1, 0.15) is 101 Å². The molecule has 0 amide bonds. The van der Waals surface area contributed by atoms with Crippen molar-refractivity contribution in [3.05, 3.63) is 6.33 Å². The first-order chi connectivity index (χ1) is 29.7. The molecule has 1 aliphatic rings. The lowest BCUT2D eigenvalue weighted by Gasteiger charge is -2.19. The molecule has 1 fully saturated rings. The second-order valence-corrected chi connectivity index (χ2v) is 19.9. The number of imidazole rings is 1. The number of anilines is 1. The number of hydrogen-bond donors (Lipinski definition) is 7. The van der Waals surface area contributed by atoms with Crippen LogP contribution in [-0.4, -0.2) is 159 Å². The second kappa shape index (κ2) is 33.2. The smallest absolute Gasteiger partial charge is 0.387 e. The third-order valence-electron chi connectivity index (χ3n) is 9.57. The zero-order valence-corrected chi connectivity index (χ0v) is 42.6. The number of hydrogen-bond acceptors (Lipinski definition) is 19. The van der Waals surface area contributed by atoms with Crippen molar-refractivity contribution in [2.45, 2.75) is 124 Å². The minimum atomic E-state index is -5.74. The lowest BCUT2D eigenvalue weighted by atomic mass is 10.1. The third-order valence-corrected chi connectivity index (χ3v) is 14.9. The van der Waals surface area contributed by atoms with Gasteiger partial charge in [-0.15, -0.1) is 0 Å². The summed E-state index contributed by atoms with van der Waals surface area (Å²) < 4.78 is 52.9. The van der Waals surface area contributed by atoms with Gasteiger partial charge in [-0.1, -0.05) is 93.3 Å². The lowest BCUT2D eigenvalue weighted by molar-refractivity contribution is -0.0503. The van der Waals surface area contributed by atoms with Gasteiger partial charge in [0.2, 0.25) is 0 Å². The van der Waals surface area contributed by atoms with Gasteiger partial charge in [-0.3, -0.25) is 9.09 Å². The van der Waals surface area contributed by atoms with E-state index in [-0.39, 0.29) is 17.0 Å². The molecule has 8 N–H and O–H groups in total. The highest BCUT2D eigenvalue weighted by atomic mass is 32.2. The fourth-order valence-electron chi connectivity index (χ4n) is 5.76. The van der Waals surface area contributed by atoms with Gasteiger partial charge in [0.1, 0.15) is 29.2 Å². The van der Waals surface area contributed by atoms with Crippen molar-refractivity contribution < 1.29 is 61.4 Å². The molecule has 0 spiro atoms. The summed E-state index contributed by atoms with van der Waals surface area (Å²) in [5, 5.41) is 31.9. The number of aromatic nitrogens is 4. The molecule has 2 aromatic rings. The fourth-order valence-corrected chi connectivity index (χ4v) is 10.1. The fraction of sp³-hybridized carbons (Fsp3) is 0.833. The number of phosphoric ester groups is 1. The molecule has 0 radical (unpaired) electrons. The summed E-state index contributed by atoms with van der Waals surface area (Å²) in [5.74, 6) is 1.58. The number of nitrogens with two attached hydrogens (primary N) is 1. The monoisotopic (exact) mass is 997 g/mol. The molecule has 0 aromatic carbocycles. The van der Waals surface area contributed by atoms with Gasteiger partial charge in [-0.05, 0) is 83.5 Å². The van der Waals surface area contributed by atoms with Crippen molar-refractivity contribution in [1.29, 1.82) is 5.26 Å². The standard InChI is InChI=1S/C18H29N6O13P3S2.3C6H15N/c19-9-41-6-4-2-1-3-5-7-42-18-22-15(20)12-16(23-18)24(10-21-12)17-14(26)13(25)11(35-17)8-34-39(30,31)37-40(32,33)36-38(27,28)29;3*1-4-7(5-2)6-3/h10-11,13-14,17,25-26H,1-8H2,(H,30,31)(H,32,33)(H2,20,22,23)(H2,27,28,29);3*4-6H2,1-3H3/t11-,13-,14-,17-;;;/m1.../s1. The highest BCUT2D eigenvalue weighted by Gasteiger charge is 2.47. The number of ether oxygens (including phenoxy) is 1. The Morgan fingerprint density at radius 3 is 1.67 bits per heavy atom. The van der Waals surface area contributed by atoms with Crippen molar-refractivity contribution in [3.8, 4) is 5.40 Å². The Hall–Kier alpha value is -1.29. The van der Waals surface area contributed by atoms with E-state index in [1.54, 1.807) is 0 Å². The topological polar surface area (TPSA) is 313 Å². The molecule has 368 valence electrons. The van der Waals surface area contributed by atoms with Crippen LogP contribution < -0.4 is 5.73 Å². The number of aliphatic hydroxyl groups excluding tert-OH is 2. The molecule has 1 saturated heterocycles. The Bertz CT molecular complexity index is 1670. The molecule has 1 aliphatic heterocycles. The zero-order chi connectivity index (χ0) is 48.2. The molecule has 22 nitrogen and oxygen atoms in total. The maximum atomic E-state index is 12.0. The normalized spacial score (nSPS) is 19.4. The van der Waals surface area contributed by atoms with Crippen LogP contribution in [0.25, 0.3) is 11.2 Å².